The molecule has 3 aromatic heterocycles. The number of anilines is 2. The van der Waals surface area contributed by atoms with Crippen LogP contribution in [0.1, 0.15) is 32.4 Å². The van der Waals surface area contributed by atoms with Crippen LogP contribution in [0.5, 0.6) is 0 Å². The van der Waals surface area contributed by atoms with Gasteiger partial charge in [0.25, 0.3) is 15.9 Å². The molecule has 4 aromatic rings. The van der Waals surface area contributed by atoms with Gasteiger partial charge in [0.05, 0.1) is 15.3 Å². The molecule has 42 heavy (non-hydrogen) atoms. The van der Waals surface area contributed by atoms with E-state index in [1.807, 2.05) is 26.3 Å². The summed E-state index contributed by atoms with van der Waals surface area (Å²) >= 11 is 2.90. The lowest BCUT2D eigenvalue weighted by Gasteiger charge is -2.28. The van der Waals surface area contributed by atoms with E-state index in [2.05, 4.69) is 24.8 Å². The van der Waals surface area contributed by atoms with Crippen LogP contribution >= 0.6 is 22.7 Å². The molecular weight excluding hydrogens is 622 g/mol. The van der Waals surface area contributed by atoms with Crippen molar-refractivity contribution < 1.29 is 40.4 Å². The maximum Gasteiger partial charge on any atom is 0.278 e. The topological polar surface area (TPSA) is 176 Å². The molecule has 1 aliphatic heterocycles. The number of aryl methyl sites for hydroxylation is 2. The van der Waals surface area contributed by atoms with Crippen molar-refractivity contribution in [3.05, 3.63) is 80.3 Å². The summed E-state index contributed by atoms with van der Waals surface area (Å²) < 4.78 is 27.9. The van der Waals surface area contributed by atoms with Gasteiger partial charge < -0.3 is 28.4 Å². The van der Waals surface area contributed by atoms with Gasteiger partial charge >= 0.3 is 0 Å². The molecule has 0 saturated carbocycles. The highest BCUT2D eigenvalue weighted by molar-refractivity contribution is 7.89. The lowest BCUT2D eigenvalue weighted by Crippen LogP contribution is -3.00. The van der Waals surface area contributed by atoms with Gasteiger partial charge in [-0.1, -0.05) is 23.5 Å². The van der Waals surface area contributed by atoms with Gasteiger partial charge in [0.2, 0.25) is 5.51 Å². The van der Waals surface area contributed by atoms with Gasteiger partial charge in [0.1, 0.15) is 11.6 Å². The number of aliphatic hydroxyl groups is 2. The summed E-state index contributed by atoms with van der Waals surface area (Å²) in [6, 6.07) is 5.99. The lowest BCUT2D eigenvalue weighted by molar-refractivity contribution is -0.689. The van der Waals surface area contributed by atoms with E-state index in [1.165, 1.54) is 35.4 Å². The highest BCUT2D eigenvalue weighted by Gasteiger charge is 2.37. The number of nitrogens with two attached hydrogens (primary N) is 1. The molecule has 5 N–H and O–H groups in total. The Hall–Kier alpha value is -3.63. The number of hydrogen-bond donors (Lipinski definition) is 4. The summed E-state index contributed by atoms with van der Waals surface area (Å²) in [5.41, 5.74) is 9.77. The van der Waals surface area contributed by atoms with Gasteiger partial charge in [-0.25, -0.2) is 23.4 Å². The fourth-order valence-electron chi connectivity index (χ4n) is 4.02. The Bertz CT molecular complexity index is 1740. The Labute approximate surface area is 257 Å². The molecule has 16 heteroatoms. The van der Waals surface area contributed by atoms with Gasteiger partial charge in [0.15, 0.2) is 28.8 Å². The number of benzene rings is 1. The molecule has 224 valence electrons. The fourth-order valence-corrected chi connectivity index (χ4v) is 7.06. The first kappa shape index (κ1) is 32.9. The fraction of sp³-hybridized carbons (Fsp3) is 0.269. The van der Waals surface area contributed by atoms with Gasteiger partial charge in [-0.05, 0) is 26.0 Å². The van der Waals surface area contributed by atoms with Crippen LogP contribution in [0.3, 0.4) is 0 Å². The number of amides is 1. The second-order valence-corrected chi connectivity index (χ2v) is 13.2. The molecule has 12 nitrogen and oxygen atoms in total. The summed E-state index contributed by atoms with van der Waals surface area (Å²) in [6.07, 6.45) is 4.06. The summed E-state index contributed by atoms with van der Waals surface area (Å²) in [4.78, 5) is 26.8. The molecule has 1 aliphatic rings. The minimum atomic E-state index is -3.90. The van der Waals surface area contributed by atoms with Crippen molar-refractivity contribution >= 4 is 55.3 Å². The standard InChI is InChI=1S/C14H13N3O4S2.C12H17N4OS.ClH/c1-8-7-15-14(22-8)16-13(19)11-12(18)9-5-3-4-6-10(9)23(20,21)17(11)2;1-8-11(3-4-17)18-7-16(8)6-10-5-14-9(2)15-12(10)13;/h3-7,18H,1-2H3,(H,15,16,19);5,7,17H,3-4,6H2,1-2H3,(H2,13,14,15);1H/q;+1;/p-1. The summed E-state index contributed by atoms with van der Waals surface area (Å²) in [5, 5.41) is 22.2. The number of rotatable bonds is 6. The van der Waals surface area contributed by atoms with Gasteiger partial charge in [-0.2, -0.15) is 4.57 Å². The van der Waals surface area contributed by atoms with Crippen LogP contribution < -0.4 is 28.0 Å². The number of sulfonamides is 1. The highest BCUT2D eigenvalue weighted by atomic mass is 35.5. The number of carbonyl (C=O) groups excluding carboxylic acids is 1. The summed E-state index contributed by atoms with van der Waals surface area (Å²) in [7, 11) is -2.67. The van der Waals surface area contributed by atoms with Crippen LogP contribution in [0.15, 0.2) is 52.8 Å². The van der Waals surface area contributed by atoms with Crippen molar-refractivity contribution in [2.24, 2.45) is 0 Å². The number of nitrogen functional groups attached to an aromatic ring is 1. The van der Waals surface area contributed by atoms with Crippen LogP contribution in [0, 0.1) is 20.8 Å². The minimum Gasteiger partial charge on any atom is -1.00 e. The quantitative estimate of drug-likeness (QED) is 0.202. The third kappa shape index (κ3) is 6.87. The predicted molar refractivity (Wildman–Crippen MR) is 157 cm³/mol. The number of halogens is 1. The van der Waals surface area contributed by atoms with E-state index in [9.17, 15) is 18.3 Å². The Morgan fingerprint density at radius 1 is 1.17 bits per heavy atom. The molecule has 1 amide bonds. The van der Waals surface area contributed by atoms with E-state index >= 15 is 0 Å². The van der Waals surface area contributed by atoms with Gasteiger partial charge in [-0.15, -0.1) is 11.3 Å². The first-order valence-electron chi connectivity index (χ1n) is 12.3. The lowest BCUT2D eigenvalue weighted by atomic mass is 10.1. The number of fused-ring (bicyclic) bond motifs is 1. The Morgan fingerprint density at radius 3 is 2.52 bits per heavy atom. The van der Waals surface area contributed by atoms with Crippen molar-refractivity contribution in [1.29, 1.82) is 0 Å². The van der Waals surface area contributed by atoms with Crippen LogP contribution in [0.2, 0.25) is 0 Å². The largest absolute Gasteiger partial charge is 1.00 e. The van der Waals surface area contributed by atoms with Crippen LogP contribution in [0.4, 0.5) is 10.9 Å². The average Bonchev–Trinajstić information content (AvgIpc) is 3.50. The first-order valence-corrected chi connectivity index (χ1v) is 15.5. The SMILES string of the molecule is Cc1cnc(NC(=O)C2=C(O)c3ccccc3S(=O)(=O)N2C)s1.Cc1ncc(C[n+]2csc(CCO)c2C)c(N)n1.[Cl-]. The molecule has 0 bridgehead atoms. The first-order chi connectivity index (χ1) is 19.4. The molecule has 5 rings (SSSR count). The van der Waals surface area contributed by atoms with Crippen LogP contribution in [-0.2, 0) is 27.8 Å². The van der Waals surface area contributed by atoms with E-state index in [1.54, 1.807) is 35.9 Å². The number of hydrogen-bond acceptors (Lipinski definition) is 11. The van der Waals surface area contributed by atoms with Gasteiger partial charge in [-0.3, -0.25) is 14.4 Å². The normalized spacial score (nSPS) is 13.5. The second-order valence-electron chi connectivity index (χ2n) is 9.06. The number of nitrogens with zero attached hydrogens (tertiary/aromatic N) is 5. The molecule has 0 fully saturated rings. The monoisotopic (exact) mass is 651 g/mol. The minimum absolute atomic E-state index is 0. The molecule has 0 atom stereocenters. The van der Waals surface area contributed by atoms with E-state index in [0.717, 1.165) is 20.4 Å². The number of aromatic nitrogens is 4. The van der Waals surface area contributed by atoms with Gasteiger partial charge in [0, 0.05) is 49.8 Å². The zero-order chi connectivity index (χ0) is 29.9. The Morgan fingerprint density at radius 2 is 1.88 bits per heavy atom. The average molecular weight is 652 g/mol. The third-order valence-corrected chi connectivity index (χ3v) is 10.0. The van der Waals surface area contributed by atoms with Crippen LogP contribution in [0.25, 0.3) is 5.76 Å². The number of nitrogens with one attached hydrogen (secondary N) is 1. The number of carbonyl (C=O) groups is 1. The number of likely N-dealkylation sites (N-methyl/N-ethyl adjacent to an activating group) is 1. The zero-order valence-electron chi connectivity index (χ0n) is 23.2. The molecule has 4 heterocycles. The molecule has 0 aliphatic carbocycles. The maximum absolute atomic E-state index is 12.5. The Kier molecular flexibility index (Phi) is 10.6. The van der Waals surface area contributed by atoms with Crippen molar-refractivity contribution in [3.8, 4) is 0 Å². The van der Waals surface area contributed by atoms with Crippen molar-refractivity contribution in [1.82, 2.24) is 19.3 Å². The van der Waals surface area contributed by atoms with Crippen LogP contribution in [-0.4, -0.2) is 57.4 Å². The summed E-state index contributed by atoms with van der Waals surface area (Å²) in [5.74, 6) is 0.0923. The number of aliphatic hydroxyl groups excluding tert-OH is 2. The van der Waals surface area contributed by atoms with E-state index in [0.29, 0.717) is 29.7 Å². The molecule has 0 radical (unpaired) electrons. The van der Waals surface area contributed by atoms with E-state index in [-0.39, 0.29) is 40.9 Å². The maximum atomic E-state index is 12.5. The molecule has 1 aromatic carbocycles. The van der Waals surface area contributed by atoms with Crippen molar-refractivity contribution in [3.63, 3.8) is 0 Å². The van der Waals surface area contributed by atoms with Crippen molar-refractivity contribution in [2.75, 3.05) is 24.7 Å². The van der Waals surface area contributed by atoms with E-state index in [4.69, 9.17) is 10.8 Å². The zero-order valence-corrected chi connectivity index (χ0v) is 26.4. The second kappa shape index (κ2) is 13.6. The van der Waals surface area contributed by atoms with E-state index < -0.39 is 15.9 Å². The smallest absolute Gasteiger partial charge is 0.278 e. The summed E-state index contributed by atoms with van der Waals surface area (Å²) in [6.45, 7) is 6.55. The molecule has 0 saturated heterocycles. The highest BCUT2D eigenvalue weighted by Crippen LogP contribution is 2.34. The molecule has 0 spiro atoms. The molecule has 0 unspecified atom stereocenters. The molecular formula is C26H30ClN7O5S3. The third-order valence-electron chi connectivity index (χ3n) is 6.23. The number of thiazole rings is 2. The Balaban J connectivity index is 0.000000232. The van der Waals surface area contributed by atoms with Crippen molar-refractivity contribution in [2.45, 2.75) is 38.6 Å². The predicted octanol–water partition coefficient (Wildman–Crippen LogP) is -0.437.